The molecule has 96 valence electrons. The summed E-state index contributed by atoms with van der Waals surface area (Å²) in [5.74, 6) is -2.42. The van der Waals surface area contributed by atoms with Gasteiger partial charge in [-0.1, -0.05) is 13.8 Å². The molecule has 1 amide bonds. The molecule has 0 aliphatic carbocycles. The number of nitrogens with zero attached hydrogens (tertiary/aromatic N) is 1. The van der Waals surface area contributed by atoms with Crippen LogP contribution in [0.2, 0.25) is 0 Å². The van der Waals surface area contributed by atoms with E-state index in [1.807, 2.05) is 0 Å². The van der Waals surface area contributed by atoms with Gasteiger partial charge in [0.1, 0.15) is 0 Å². The maximum Gasteiger partial charge on any atom is 0.314 e. The molecule has 0 aliphatic heterocycles. The van der Waals surface area contributed by atoms with Gasteiger partial charge in [0.05, 0.1) is 0 Å². The lowest BCUT2D eigenvalue weighted by Gasteiger charge is -2.31. The molecular weight excluding hydrogens is 237 g/mol. The van der Waals surface area contributed by atoms with Crippen molar-refractivity contribution in [3.63, 3.8) is 0 Å². The minimum absolute atomic E-state index is 0.358. The van der Waals surface area contributed by atoms with Gasteiger partial charge in [-0.25, -0.2) is 4.39 Å². The van der Waals surface area contributed by atoms with Crippen molar-refractivity contribution in [2.45, 2.75) is 38.7 Å². The van der Waals surface area contributed by atoms with E-state index in [9.17, 15) is 17.6 Å². The lowest BCUT2D eigenvalue weighted by atomic mass is 10.1. The number of hydrogen-bond donors (Lipinski definition) is 1. The average Bonchev–Trinajstić information content (AvgIpc) is 2.11. The Labute approximate surface area is 95.4 Å². The van der Waals surface area contributed by atoms with Gasteiger partial charge < -0.3 is 4.90 Å². The molecule has 7 heteroatoms. The Bertz CT molecular complexity index is 366. The molecule has 0 aliphatic rings. The van der Waals surface area contributed by atoms with Gasteiger partial charge in [-0.05, 0) is 13.8 Å². The fourth-order valence-electron chi connectivity index (χ4n) is 1.13. The molecule has 0 spiro atoms. The van der Waals surface area contributed by atoms with E-state index in [1.54, 1.807) is 13.8 Å². The molecule has 1 N–H and O–H groups in total. The lowest BCUT2D eigenvalue weighted by molar-refractivity contribution is -0.141. The zero-order valence-corrected chi connectivity index (χ0v) is 10.9. The van der Waals surface area contributed by atoms with Crippen LogP contribution < -0.4 is 0 Å². The van der Waals surface area contributed by atoms with E-state index in [-0.39, 0.29) is 6.04 Å². The Hall–Kier alpha value is -0.690. The Morgan fingerprint density at radius 2 is 1.69 bits per heavy atom. The van der Waals surface area contributed by atoms with Crippen molar-refractivity contribution in [3.05, 3.63) is 0 Å². The van der Waals surface area contributed by atoms with Crippen molar-refractivity contribution in [1.82, 2.24) is 4.90 Å². The summed E-state index contributed by atoms with van der Waals surface area (Å²) in [6.45, 7) is 5.67. The third-order valence-electron chi connectivity index (χ3n) is 2.50. The number of alkyl halides is 1. The molecule has 0 aromatic rings. The van der Waals surface area contributed by atoms with Crippen LogP contribution in [0.15, 0.2) is 0 Å². The maximum atomic E-state index is 14.2. The van der Waals surface area contributed by atoms with E-state index in [0.717, 1.165) is 4.90 Å². The molecule has 0 saturated heterocycles. The Kier molecular flexibility index (Phi) is 4.46. The molecule has 0 heterocycles. The normalized spacial score (nSPS) is 16.3. The monoisotopic (exact) mass is 255 g/mol. The highest BCUT2D eigenvalue weighted by Crippen LogP contribution is 2.30. The van der Waals surface area contributed by atoms with Crippen molar-refractivity contribution < 1.29 is 22.2 Å². The first-order valence-electron chi connectivity index (χ1n) is 4.89. The van der Waals surface area contributed by atoms with Crippen LogP contribution in [0.3, 0.4) is 0 Å². The van der Waals surface area contributed by atoms with Gasteiger partial charge in [0.2, 0.25) is 0 Å². The maximum absolute atomic E-state index is 14.2. The van der Waals surface area contributed by atoms with E-state index in [0.29, 0.717) is 0 Å². The molecule has 0 saturated carbocycles. The van der Waals surface area contributed by atoms with Crippen LogP contribution >= 0.6 is 0 Å². The van der Waals surface area contributed by atoms with Crippen LogP contribution in [0.5, 0.6) is 0 Å². The van der Waals surface area contributed by atoms with Crippen molar-refractivity contribution in [2.24, 2.45) is 5.92 Å². The highest BCUT2D eigenvalue weighted by molar-refractivity contribution is 7.87. The Morgan fingerprint density at radius 3 is 1.88 bits per heavy atom. The number of carbonyl (C=O) groups excluding carboxylic acids is 1. The summed E-state index contributed by atoms with van der Waals surface area (Å²) in [4.78, 5) is 12.7. The molecular formula is C9H18FNO4S. The number of hydrogen-bond acceptors (Lipinski definition) is 3. The van der Waals surface area contributed by atoms with E-state index in [1.165, 1.54) is 20.9 Å². The summed E-state index contributed by atoms with van der Waals surface area (Å²) < 4.78 is 45.0. The van der Waals surface area contributed by atoms with Gasteiger partial charge in [-0.15, -0.1) is 0 Å². The smallest absolute Gasteiger partial charge is 0.314 e. The van der Waals surface area contributed by atoms with E-state index in [4.69, 9.17) is 4.55 Å². The van der Waals surface area contributed by atoms with Gasteiger partial charge in [-0.3, -0.25) is 9.35 Å². The Balaban J connectivity index is 5.51. The van der Waals surface area contributed by atoms with E-state index >= 15 is 0 Å². The van der Waals surface area contributed by atoms with Crippen molar-refractivity contribution >= 4 is 16.0 Å². The van der Waals surface area contributed by atoms with Crippen molar-refractivity contribution in [3.8, 4) is 0 Å². The standard InChI is InChI=1S/C9H18FNO4S/c1-6(2)9(10,16(13,14)15)8(12)11(5)7(3)4/h6-7H,1-5H3,(H,13,14,15). The van der Waals surface area contributed by atoms with E-state index < -0.39 is 26.9 Å². The predicted octanol–water partition coefficient (Wildman–Crippen LogP) is 1.06. The highest BCUT2D eigenvalue weighted by Gasteiger charge is 2.55. The van der Waals surface area contributed by atoms with Gasteiger partial charge in [0.25, 0.3) is 5.91 Å². The molecule has 5 nitrogen and oxygen atoms in total. The average molecular weight is 255 g/mol. The number of amides is 1. The Morgan fingerprint density at radius 1 is 1.31 bits per heavy atom. The van der Waals surface area contributed by atoms with Gasteiger partial charge >= 0.3 is 15.1 Å². The number of rotatable bonds is 4. The first kappa shape index (κ1) is 15.3. The molecule has 0 aromatic carbocycles. The molecule has 0 fully saturated rings. The van der Waals surface area contributed by atoms with Crippen LogP contribution in [-0.2, 0) is 14.9 Å². The van der Waals surface area contributed by atoms with Gasteiger partial charge in [0.15, 0.2) is 0 Å². The van der Waals surface area contributed by atoms with Gasteiger partial charge in [0, 0.05) is 19.0 Å². The SMILES string of the molecule is CC(C)N(C)C(=O)C(F)(C(C)C)S(=O)(=O)O. The number of carbonyl (C=O) groups is 1. The summed E-state index contributed by atoms with van der Waals surface area (Å²) in [5, 5.41) is -3.29. The third kappa shape index (κ3) is 2.52. The highest BCUT2D eigenvalue weighted by atomic mass is 32.2. The second-order valence-electron chi connectivity index (χ2n) is 4.28. The summed E-state index contributed by atoms with van der Waals surface area (Å²) in [6.07, 6.45) is 0. The van der Waals surface area contributed by atoms with Crippen molar-refractivity contribution in [2.75, 3.05) is 7.05 Å². The van der Waals surface area contributed by atoms with Gasteiger partial charge in [-0.2, -0.15) is 8.42 Å². The quantitative estimate of drug-likeness (QED) is 0.762. The minimum atomic E-state index is -5.10. The first-order valence-corrected chi connectivity index (χ1v) is 6.33. The summed E-state index contributed by atoms with van der Waals surface area (Å²) >= 11 is 0. The fraction of sp³-hybridized carbons (Fsp3) is 0.889. The molecule has 0 bridgehead atoms. The summed E-state index contributed by atoms with van der Waals surface area (Å²) in [6, 6.07) is -0.358. The predicted molar refractivity (Wildman–Crippen MR) is 58.1 cm³/mol. The zero-order chi connectivity index (χ0) is 13.3. The largest absolute Gasteiger partial charge is 0.340 e. The first-order chi connectivity index (χ1) is 6.96. The molecule has 0 rings (SSSR count). The lowest BCUT2D eigenvalue weighted by Crippen LogP contribution is -2.54. The minimum Gasteiger partial charge on any atom is -0.340 e. The molecule has 0 radical (unpaired) electrons. The molecule has 0 aromatic heterocycles. The van der Waals surface area contributed by atoms with Crippen LogP contribution in [-0.4, -0.2) is 41.9 Å². The third-order valence-corrected chi connectivity index (χ3v) is 3.90. The molecule has 16 heavy (non-hydrogen) atoms. The van der Waals surface area contributed by atoms with Crippen molar-refractivity contribution in [1.29, 1.82) is 0 Å². The summed E-state index contributed by atoms with van der Waals surface area (Å²) in [7, 11) is -3.81. The van der Waals surface area contributed by atoms with Crippen LogP contribution in [0.25, 0.3) is 0 Å². The van der Waals surface area contributed by atoms with Crippen LogP contribution in [0.1, 0.15) is 27.7 Å². The zero-order valence-electron chi connectivity index (χ0n) is 10.1. The second-order valence-corrected chi connectivity index (χ2v) is 5.83. The molecule has 1 unspecified atom stereocenters. The molecule has 1 atom stereocenters. The van der Waals surface area contributed by atoms with E-state index in [2.05, 4.69) is 0 Å². The fourth-order valence-corrected chi connectivity index (χ4v) is 2.09. The number of halogens is 1. The topological polar surface area (TPSA) is 74.7 Å². The van der Waals surface area contributed by atoms with Crippen LogP contribution in [0.4, 0.5) is 4.39 Å². The summed E-state index contributed by atoms with van der Waals surface area (Å²) in [5.41, 5.74) is 0. The van der Waals surface area contributed by atoms with Crippen LogP contribution in [0, 0.1) is 5.92 Å². The second kappa shape index (κ2) is 4.67.